The van der Waals surface area contributed by atoms with E-state index in [2.05, 4.69) is 34.4 Å². The lowest BCUT2D eigenvalue weighted by Crippen LogP contribution is -2.14. The Labute approximate surface area is 96.9 Å². The molecule has 0 spiro atoms. The van der Waals surface area contributed by atoms with Gasteiger partial charge in [-0.3, -0.25) is 0 Å². The minimum Gasteiger partial charge on any atom is -0.370 e. The van der Waals surface area contributed by atoms with Crippen LogP contribution in [0.15, 0.2) is 12.4 Å². The van der Waals surface area contributed by atoms with Gasteiger partial charge in [-0.25, -0.2) is 9.97 Å². The van der Waals surface area contributed by atoms with Crippen molar-refractivity contribution < 1.29 is 0 Å². The fourth-order valence-corrected chi connectivity index (χ4v) is 1.24. The number of rotatable bonds is 7. The molecule has 0 aliphatic heterocycles. The molecule has 5 nitrogen and oxygen atoms in total. The predicted octanol–water partition coefficient (Wildman–Crippen LogP) is 1.31. The Balaban J connectivity index is 2.40. The van der Waals surface area contributed by atoms with Crippen molar-refractivity contribution in [1.29, 1.82) is 0 Å². The van der Waals surface area contributed by atoms with Crippen LogP contribution in [0.2, 0.25) is 0 Å². The van der Waals surface area contributed by atoms with E-state index in [0.29, 0.717) is 12.5 Å². The van der Waals surface area contributed by atoms with Crippen molar-refractivity contribution in [2.75, 3.05) is 30.3 Å². The van der Waals surface area contributed by atoms with Crippen molar-refractivity contribution in [1.82, 2.24) is 9.97 Å². The van der Waals surface area contributed by atoms with Gasteiger partial charge in [0.25, 0.3) is 0 Å². The van der Waals surface area contributed by atoms with Crippen LogP contribution in [0.4, 0.5) is 11.6 Å². The summed E-state index contributed by atoms with van der Waals surface area (Å²) in [5.41, 5.74) is 5.41. The maximum atomic E-state index is 5.41. The highest BCUT2D eigenvalue weighted by Crippen LogP contribution is 2.08. The Morgan fingerprint density at radius 2 is 1.81 bits per heavy atom. The third-order valence-corrected chi connectivity index (χ3v) is 2.15. The molecule has 0 aliphatic rings. The summed E-state index contributed by atoms with van der Waals surface area (Å²) < 4.78 is 0. The van der Waals surface area contributed by atoms with Gasteiger partial charge in [0.05, 0.1) is 0 Å². The summed E-state index contributed by atoms with van der Waals surface area (Å²) in [7, 11) is 0. The molecule has 5 heteroatoms. The fraction of sp³-hybridized carbons (Fsp3) is 0.636. The van der Waals surface area contributed by atoms with Crippen LogP contribution in [0, 0.1) is 5.92 Å². The van der Waals surface area contributed by atoms with E-state index in [1.165, 1.54) is 0 Å². The highest BCUT2D eigenvalue weighted by Gasteiger charge is 1.98. The van der Waals surface area contributed by atoms with Crippen molar-refractivity contribution in [3.05, 3.63) is 12.4 Å². The first kappa shape index (κ1) is 12.7. The molecular formula is C11H21N5. The van der Waals surface area contributed by atoms with E-state index in [4.69, 9.17) is 5.73 Å². The lowest BCUT2D eigenvalue weighted by atomic mass is 10.1. The van der Waals surface area contributed by atoms with Crippen LogP contribution in [-0.4, -0.2) is 29.6 Å². The van der Waals surface area contributed by atoms with Gasteiger partial charge in [-0.2, -0.15) is 0 Å². The molecule has 0 bridgehead atoms. The second-order valence-electron chi connectivity index (χ2n) is 4.11. The van der Waals surface area contributed by atoms with Crippen molar-refractivity contribution in [3.63, 3.8) is 0 Å². The Morgan fingerprint density at radius 3 is 2.38 bits per heavy atom. The summed E-state index contributed by atoms with van der Waals surface area (Å²) in [6.45, 7) is 6.67. The Morgan fingerprint density at radius 1 is 1.19 bits per heavy atom. The molecule has 0 saturated heterocycles. The van der Waals surface area contributed by atoms with Gasteiger partial charge in [0.1, 0.15) is 18.0 Å². The van der Waals surface area contributed by atoms with Gasteiger partial charge in [0, 0.05) is 25.7 Å². The molecule has 0 atom stereocenters. The van der Waals surface area contributed by atoms with Crippen LogP contribution < -0.4 is 16.4 Å². The average molecular weight is 223 g/mol. The van der Waals surface area contributed by atoms with E-state index in [9.17, 15) is 0 Å². The summed E-state index contributed by atoms with van der Waals surface area (Å²) >= 11 is 0. The summed E-state index contributed by atoms with van der Waals surface area (Å²) in [6.07, 6.45) is 2.69. The van der Waals surface area contributed by atoms with E-state index < -0.39 is 0 Å². The summed E-state index contributed by atoms with van der Waals surface area (Å²) in [6, 6.07) is 1.90. The standard InChI is InChI=1S/C11H21N5/c1-9(2)3-5-13-10-7-11(14-6-4-12)16-8-15-10/h7-9H,3-6,12H2,1-2H3,(H2,13,14,15,16). The molecule has 16 heavy (non-hydrogen) atoms. The zero-order valence-electron chi connectivity index (χ0n) is 10.0. The molecule has 4 N–H and O–H groups in total. The molecule has 0 aliphatic carbocycles. The molecule has 0 fully saturated rings. The lowest BCUT2D eigenvalue weighted by molar-refractivity contribution is 0.606. The molecule has 0 amide bonds. The van der Waals surface area contributed by atoms with Gasteiger partial charge >= 0.3 is 0 Å². The van der Waals surface area contributed by atoms with E-state index in [1.54, 1.807) is 6.33 Å². The molecule has 0 saturated carbocycles. The van der Waals surface area contributed by atoms with Crippen molar-refractivity contribution in [3.8, 4) is 0 Å². The average Bonchev–Trinajstić information content (AvgIpc) is 2.26. The normalized spacial score (nSPS) is 10.5. The number of hydrogen-bond acceptors (Lipinski definition) is 5. The summed E-state index contributed by atoms with van der Waals surface area (Å²) in [5, 5.41) is 6.39. The minimum atomic E-state index is 0.597. The van der Waals surface area contributed by atoms with Gasteiger partial charge in [-0.15, -0.1) is 0 Å². The molecule has 1 rings (SSSR count). The van der Waals surface area contributed by atoms with Crippen molar-refractivity contribution in [2.45, 2.75) is 20.3 Å². The van der Waals surface area contributed by atoms with Gasteiger partial charge in [0.15, 0.2) is 0 Å². The third kappa shape index (κ3) is 4.93. The fourth-order valence-electron chi connectivity index (χ4n) is 1.24. The smallest absolute Gasteiger partial charge is 0.131 e. The maximum Gasteiger partial charge on any atom is 0.131 e. The largest absolute Gasteiger partial charge is 0.370 e. The number of nitrogens with one attached hydrogen (secondary N) is 2. The SMILES string of the molecule is CC(C)CCNc1cc(NCCN)ncn1. The van der Waals surface area contributed by atoms with Crippen LogP contribution in [0.25, 0.3) is 0 Å². The number of nitrogens with two attached hydrogens (primary N) is 1. The van der Waals surface area contributed by atoms with E-state index >= 15 is 0 Å². The Hall–Kier alpha value is -1.36. The van der Waals surface area contributed by atoms with Gasteiger partial charge in [-0.1, -0.05) is 13.8 Å². The Kier molecular flexibility index (Phi) is 5.56. The summed E-state index contributed by atoms with van der Waals surface area (Å²) in [5.74, 6) is 2.37. The third-order valence-electron chi connectivity index (χ3n) is 2.15. The lowest BCUT2D eigenvalue weighted by Gasteiger charge is -2.09. The predicted molar refractivity (Wildman–Crippen MR) is 67.5 cm³/mol. The van der Waals surface area contributed by atoms with Gasteiger partial charge in [0.2, 0.25) is 0 Å². The molecular weight excluding hydrogens is 202 g/mol. The molecule has 90 valence electrons. The number of hydrogen-bond donors (Lipinski definition) is 3. The van der Waals surface area contributed by atoms with Crippen LogP contribution >= 0.6 is 0 Å². The first-order valence-electron chi connectivity index (χ1n) is 5.72. The molecule has 0 unspecified atom stereocenters. The monoisotopic (exact) mass is 223 g/mol. The van der Waals surface area contributed by atoms with Crippen LogP contribution in [0.5, 0.6) is 0 Å². The van der Waals surface area contributed by atoms with E-state index in [-0.39, 0.29) is 0 Å². The van der Waals surface area contributed by atoms with E-state index in [0.717, 1.165) is 31.1 Å². The minimum absolute atomic E-state index is 0.597. The van der Waals surface area contributed by atoms with Crippen LogP contribution in [0.1, 0.15) is 20.3 Å². The molecule has 1 aromatic rings. The van der Waals surface area contributed by atoms with Gasteiger partial charge in [-0.05, 0) is 12.3 Å². The topological polar surface area (TPSA) is 75.9 Å². The molecule has 1 aromatic heterocycles. The summed E-state index contributed by atoms with van der Waals surface area (Å²) in [4.78, 5) is 8.25. The van der Waals surface area contributed by atoms with Crippen LogP contribution in [0.3, 0.4) is 0 Å². The molecule has 1 heterocycles. The number of nitrogens with zero attached hydrogens (tertiary/aromatic N) is 2. The van der Waals surface area contributed by atoms with Crippen LogP contribution in [-0.2, 0) is 0 Å². The second kappa shape index (κ2) is 7.00. The highest BCUT2D eigenvalue weighted by atomic mass is 15.1. The first-order chi connectivity index (χ1) is 7.72. The van der Waals surface area contributed by atoms with Gasteiger partial charge < -0.3 is 16.4 Å². The maximum absolute atomic E-state index is 5.41. The van der Waals surface area contributed by atoms with Crippen molar-refractivity contribution in [2.24, 2.45) is 11.7 Å². The number of anilines is 2. The van der Waals surface area contributed by atoms with Crippen molar-refractivity contribution >= 4 is 11.6 Å². The zero-order valence-corrected chi connectivity index (χ0v) is 10.0. The second-order valence-corrected chi connectivity index (χ2v) is 4.11. The number of aromatic nitrogens is 2. The zero-order chi connectivity index (χ0) is 11.8. The molecule has 0 aromatic carbocycles. The van der Waals surface area contributed by atoms with E-state index in [1.807, 2.05) is 6.07 Å². The highest BCUT2D eigenvalue weighted by molar-refractivity contribution is 5.46. The first-order valence-corrected chi connectivity index (χ1v) is 5.72. The Bertz CT molecular complexity index is 300. The molecule has 0 radical (unpaired) electrons. The quantitative estimate of drug-likeness (QED) is 0.649.